The predicted octanol–water partition coefficient (Wildman–Crippen LogP) is 2.77. The van der Waals surface area contributed by atoms with Crippen LogP contribution in [0.5, 0.6) is 0 Å². The van der Waals surface area contributed by atoms with Gasteiger partial charge in [0.15, 0.2) is 9.84 Å². The van der Waals surface area contributed by atoms with Crippen LogP contribution >= 0.6 is 24.0 Å². The molecule has 3 saturated heterocycles. The Morgan fingerprint density at radius 1 is 1.21 bits per heavy atom. The van der Waals surface area contributed by atoms with Gasteiger partial charge in [-0.25, -0.2) is 13.4 Å². The number of hydrogen-bond acceptors (Lipinski definition) is 8. The Kier molecular flexibility index (Phi) is 6.06. The first-order valence-corrected chi connectivity index (χ1v) is 14.5. The molecular formula is C23H26N4O4S3. The van der Waals surface area contributed by atoms with E-state index in [1.54, 1.807) is 12.3 Å². The van der Waals surface area contributed by atoms with Crippen LogP contribution in [0.15, 0.2) is 28.0 Å². The van der Waals surface area contributed by atoms with E-state index >= 15 is 0 Å². The molecule has 2 atom stereocenters. The minimum atomic E-state index is -3.17. The normalized spacial score (nSPS) is 26.2. The maximum atomic E-state index is 13.7. The highest BCUT2D eigenvalue weighted by atomic mass is 32.2. The molecular weight excluding hydrogens is 492 g/mol. The lowest BCUT2D eigenvalue weighted by Gasteiger charge is -2.35. The Morgan fingerprint density at radius 3 is 2.71 bits per heavy atom. The first-order chi connectivity index (χ1) is 16.1. The van der Waals surface area contributed by atoms with E-state index < -0.39 is 15.9 Å². The highest BCUT2D eigenvalue weighted by Crippen LogP contribution is 2.37. The van der Waals surface area contributed by atoms with Crippen LogP contribution in [0.3, 0.4) is 0 Å². The Bertz CT molecular complexity index is 1400. The Labute approximate surface area is 207 Å². The molecule has 0 saturated carbocycles. The van der Waals surface area contributed by atoms with Crippen molar-refractivity contribution in [3.8, 4) is 0 Å². The molecule has 2 aromatic rings. The van der Waals surface area contributed by atoms with Gasteiger partial charge in [0, 0.05) is 18.8 Å². The first kappa shape index (κ1) is 23.5. The summed E-state index contributed by atoms with van der Waals surface area (Å²) < 4.78 is 25.8. The van der Waals surface area contributed by atoms with E-state index in [0.29, 0.717) is 32.7 Å². The van der Waals surface area contributed by atoms with Crippen LogP contribution in [0, 0.1) is 6.92 Å². The average molecular weight is 519 g/mol. The number of hydrogen-bond donors (Lipinski definition) is 0. The third-order valence-corrected chi connectivity index (χ3v) is 9.81. The summed E-state index contributed by atoms with van der Waals surface area (Å²) in [6, 6.07) is 3.52. The molecule has 0 radical (unpaired) electrons. The quantitative estimate of drug-likeness (QED) is 0.453. The molecule has 0 bridgehead atoms. The minimum absolute atomic E-state index is 0.0556. The summed E-state index contributed by atoms with van der Waals surface area (Å²) >= 11 is 6.57. The van der Waals surface area contributed by atoms with E-state index in [-0.39, 0.29) is 29.0 Å². The van der Waals surface area contributed by atoms with Crippen molar-refractivity contribution in [2.75, 3.05) is 23.0 Å². The van der Waals surface area contributed by atoms with Crippen molar-refractivity contribution in [3.63, 3.8) is 0 Å². The fourth-order valence-electron chi connectivity index (χ4n) is 4.91. The molecule has 3 fully saturated rings. The van der Waals surface area contributed by atoms with Crippen LogP contribution in [0.4, 0.5) is 5.82 Å². The topological polar surface area (TPSA) is 92.1 Å². The SMILES string of the molecule is Cc1ccc2nc(N3CCCCC3C)c(C=C3SC(=S)N(C4CCS(=O)(=O)C4)C3=O)c(=O)n2c1. The van der Waals surface area contributed by atoms with Crippen molar-refractivity contribution in [3.05, 3.63) is 44.7 Å². The fraction of sp³-hybridized carbons (Fsp3) is 0.478. The van der Waals surface area contributed by atoms with Crippen LogP contribution in [-0.4, -0.2) is 63.1 Å². The molecule has 3 aliphatic heterocycles. The van der Waals surface area contributed by atoms with Gasteiger partial charge in [-0.05, 0) is 57.2 Å². The summed E-state index contributed by atoms with van der Waals surface area (Å²) in [5, 5.41) is 0. The van der Waals surface area contributed by atoms with Gasteiger partial charge in [0.2, 0.25) is 0 Å². The number of carbonyl (C=O) groups is 1. The van der Waals surface area contributed by atoms with Crippen molar-refractivity contribution in [2.45, 2.75) is 51.6 Å². The number of nitrogens with zero attached hydrogens (tertiary/aromatic N) is 4. The summed E-state index contributed by atoms with van der Waals surface area (Å²) in [4.78, 5) is 35.7. The number of thiocarbonyl (C=S) groups is 1. The zero-order chi connectivity index (χ0) is 24.2. The number of pyridine rings is 1. The second kappa shape index (κ2) is 8.76. The molecule has 0 aliphatic carbocycles. The van der Waals surface area contributed by atoms with Gasteiger partial charge in [-0.15, -0.1) is 0 Å². The number of carbonyl (C=O) groups excluding carboxylic acids is 1. The molecule has 0 spiro atoms. The van der Waals surface area contributed by atoms with E-state index in [0.717, 1.165) is 43.1 Å². The molecule has 2 aromatic heterocycles. The van der Waals surface area contributed by atoms with Crippen LogP contribution < -0.4 is 10.5 Å². The van der Waals surface area contributed by atoms with Gasteiger partial charge in [-0.2, -0.15) is 0 Å². The number of amides is 1. The number of rotatable bonds is 3. The third-order valence-electron chi connectivity index (χ3n) is 6.73. The average Bonchev–Trinajstić information content (AvgIpc) is 3.28. The van der Waals surface area contributed by atoms with Crippen molar-refractivity contribution >= 4 is 61.6 Å². The smallest absolute Gasteiger partial charge is 0.267 e. The molecule has 180 valence electrons. The molecule has 11 heteroatoms. The van der Waals surface area contributed by atoms with Crippen molar-refractivity contribution in [2.24, 2.45) is 0 Å². The van der Waals surface area contributed by atoms with E-state index in [4.69, 9.17) is 17.2 Å². The van der Waals surface area contributed by atoms with Gasteiger partial charge in [0.25, 0.3) is 11.5 Å². The van der Waals surface area contributed by atoms with Gasteiger partial charge in [-0.3, -0.25) is 18.9 Å². The van der Waals surface area contributed by atoms with Crippen LogP contribution in [0.2, 0.25) is 0 Å². The van der Waals surface area contributed by atoms with E-state index in [1.165, 1.54) is 9.30 Å². The first-order valence-electron chi connectivity index (χ1n) is 11.4. The van der Waals surface area contributed by atoms with Gasteiger partial charge in [-0.1, -0.05) is 30.0 Å². The number of anilines is 1. The molecule has 1 amide bonds. The van der Waals surface area contributed by atoms with E-state index in [2.05, 4.69) is 11.8 Å². The molecule has 5 rings (SSSR count). The summed E-state index contributed by atoms with van der Waals surface area (Å²) in [6.07, 6.45) is 6.87. The molecule has 2 unspecified atom stereocenters. The Balaban J connectivity index is 1.62. The number of sulfone groups is 1. The zero-order valence-corrected chi connectivity index (χ0v) is 21.5. The Hall–Kier alpha value is -2.24. The fourth-order valence-corrected chi connectivity index (χ4v) is 7.99. The zero-order valence-electron chi connectivity index (χ0n) is 19.1. The lowest BCUT2D eigenvalue weighted by atomic mass is 10.0. The predicted molar refractivity (Wildman–Crippen MR) is 139 cm³/mol. The van der Waals surface area contributed by atoms with Crippen molar-refractivity contribution in [1.82, 2.24) is 14.3 Å². The van der Waals surface area contributed by atoms with Crippen molar-refractivity contribution in [1.29, 1.82) is 0 Å². The number of piperidine rings is 1. The molecule has 0 N–H and O–H groups in total. The molecule has 34 heavy (non-hydrogen) atoms. The maximum absolute atomic E-state index is 13.7. The highest BCUT2D eigenvalue weighted by Gasteiger charge is 2.42. The second-order valence-electron chi connectivity index (χ2n) is 9.24. The van der Waals surface area contributed by atoms with Gasteiger partial charge in [0.1, 0.15) is 15.8 Å². The van der Waals surface area contributed by atoms with Crippen molar-refractivity contribution < 1.29 is 13.2 Å². The standard InChI is InChI=1S/C23H26N4O4S3/c1-14-6-7-19-24-20(25-9-4-3-5-15(25)2)17(21(28)26(19)12-14)11-18-22(29)27(23(32)33-18)16-8-10-34(30,31)13-16/h6-7,11-12,15-16H,3-5,8-10,13H2,1-2H3. The van der Waals surface area contributed by atoms with Crippen LogP contribution in [0.25, 0.3) is 11.7 Å². The summed E-state index contributed by atoms with van der Waals surface area (Å²) in [7, 11) is -3.17. The van der Waals surface area contributed by atoms with Gasteiger partial charge >= 0.3 is 0 Å². The van der Waals surface area contributed by atoms with Gasteiger partial charge in [0.05, 0.1) is 28.0 Å². The lowest BCUT2D eigenvalue weighted by Crippen LogP contribution is -2.40. The number of aryl methyl sites for hydroxylation is 1. The molecule has 0 aromatic carbocycles. The summed E-state index contributed by atoms with van der Waals surface area (Å²) in [6.45, 7) is 4.83. The minimum Gasteiger partial charge on any atom is -0.353 e. The summed E-state index contributed by atoms with van der Waals surface area (Å²) in [5.41, 5.74) is 1.60. The molecule has 3 aliphatic rings. The number of fused-ring (bicyclic) bond motifs is 1. The highest BCUT2D eigenvalue weighted by molar-refractivity contribution is 8.26. The Morgan fingerprint density at radius 2 is 2.00 bits per heavy atom. The molecule has 5 heterocycles. The third kappa shape index (κ3) is 4.18. The lowest BCUT2D eigenvalue weighted by molar-refractivity contribution is -0.123. The van der Waals surface area contributed by atoms with Crippen LogP contribution in [-0.2, 0) is 14.6 Å². The maximum Gasteiger partial charge on any atom is 0.267 e. The second-order valence-corrected chi connectivity index (χ2v) is 13.1. The largest absolute Gasteiger partial charge is 0.353 e. The molecule has 8 nitrogen and oxygen atoms in total. The van der Waals surface area contributed by atoms with Crippen LogP contribution in [0.1, 0.15) is 43.7 Å². The monoisotopic (exact) mass is 518 g/mol. The number of thioether (sulfide) groups is 1. The van der Waals surface area contributed by atoms with E-state index in [1.807, 2.05) is 19.1 Å². The number of aromatic nitrogens is 2. The summed E-state index contributed by atoms with van der Waals surface area (Å²) in [5.74, 6) is 0.209. The van der Waals surface area contributed by atoms with E-state index in [9.17, 15) is 18.0 Å². The van der Waals surface area contributed by atoms with Gasteiger partial charge < -0.3 is 4.90 Å².